The first-order valence-electron chi connectivity index (χ1n) is 8.78. The van der Waals surface area contributed by atoms with Gasteiger partial charge in [0.1, 0.15) is 5.75 Å². The van der Waals surface area contributed by atoms with Gasteiger partial charge >= 0.3 is 6.36 Å². The normalized spacial score (nSPS) is 15.2. The van der Waals surface area contributed by atoms with Crippen molar-refractivity contribution in [2.75, 3.05) is 18.5 Å². The first-order valence-corrected chi connectivity index (χ1v) is 10.2. The van der Waals surface area contributed by atoms with Crippen LogP contribution in [0.1, 0.15) is 18.4 Å². The number of para-hydroxylation sites is 1. The highest BCUT2D eigenvalue weighted by molar-refractivity contribution is 7.89. The number of amides is 1. The number of halogens is 3. The molecule has 1 aliphatic heterocycles. The molecule has 1 fully saturated rings. The second-order valence-electron chi connectivity index (χ2n) is 6.56. The van der Waals surface area contributed by atoms with Gasteiger partial charge < -0.3 is 9.64 Å². The van der Waals surface area contributed by atoms with Gasteiger partial charge in [-0.25, -0.2) is 8.42 Å². The molecule has 2 aromatic rings. The van der Waals surface area contributed by atoms with E-state index in [4.69, 9.17) is 0 Å². The Bertz CT molecular complexity index is 991. The molecule has 3 rings (SSSR count). The summed E-state index contributed by atoms with van der Waals surface area (Å²) in [6, 6.07) is 11.2. The number of rotatable bonds is 6. The summed E-state index contributed by atoms with van der Waals surface area (Å²) in [5.41, 5.74) is 0.688. The zero-order valence-electron chi connectivity index (χ0n) is 15.5. The van der Waals surface area contributed by atoms with E-state index in [2.05, 4.69) is 4.74 Å². The van der Waals surface area contributed by atoms with Crippen LogP contribution in [0.3, 0.4) is 0 Å². The largest absolute Gasteiger partial charge is 0.573 e. The third kappa shape index (κ3) is 4.88. The summed E-state index contributed by atoms with van der Waals surface area (Å²) in [6.45, 7) is 0.280. The Hall–Kier alpha value is -2.59. The Labute approximate surface area is 166 Å². The molecule has 0 aromatic heterocycles. The summed E-state index contributed by atoms with van der Waals surface area (Å²) >= 11 is 0. The first-order chi connectivity index (χ1) is 13.6. The van der Waals surface area contributed by atoms with Crippen molar-refractivity contribution >= 4 is 21.6 Å². The van der Waals surface area contributed by atoms with Crippen LogP contribution in [0.15, 0.2) is 53.4 Å². The van der Waals surface area contributed by atoms with Gasteiger partial charge in [0.15, 0.2) is 0 Å². The molecule has 0 spiro atoms. The van der Waals surface area contributed by atoms with Gasteiger partial charge in [-0.2, -0.15) is 4.31 Å². The van der Waals surface area contributed by atoms with Crippen LogP contribution >= 0.6 is 0 Å². The fraction of sp³-hybridized carbons (Fsp3) is 0.316. The maximum atomic E-state index is 12.8. The smallest absolute Gasteiger partial charge is 0.405 e. The van der Waals surface area contributed by atoms with Gasteiger partial charge in [-0.1, -0.05) is 18.2 Å². The average molecular weight is 428 g/mol. The molecule has 0 aliphatic carbocycles. The molecular formula is C19H19F3N2O4S. The second-order valence-corrected chi connectivity index (χ2v) is 8.60. The highest BCUT2D eigenvalue weighted by Crippen LogP contribution is 2.29. The van der Waals surface area contributed by atoms with Crippen molar-refractivity contribution in [1.82, 2.24) is 4.31 Å². The Morgan fingerprint density at radius 3 is 2.34 bits per heavy atom. The third-order valence-corrected chi connectivity index (χ3v) is 6.34. The highest BCUT2D eigenvalue weighted by Gasteiger charge is 2.32. The first kappa shape index (κ1) is 21.1. The van der Waals surface area contributed by atoms with E-state index in [9.17, 15) is 26.4 Å². The summed E-state index contributed by atoms with van der Waals surface area (Å²) in [6.07, 6.45) is -3.67. The lowest BCUT2D eigenvalue weighted by Crippen LogP contribution is -2.28. The number of alkyl halides is 3. The van der Waals surface area contributed by atoms with Crippen molar-refractivity contribution in [1.29, 1.82) is 0 Å². The minimum Gasteiger partial charge on any atom is -0.405 e. The van der Waals surface area contributed by atoms with E-state index in [0.29, 0.717) is 18.7 Å². The zero-order chi connectivity index (χ0) is 21.2. The van der Waals surface area contributed by atoms with Gasteiger partial charge in [0.2, 0.25) is 15.9 Å². The number of carbonyl (C=O) groups excluding carboxylic acids is 1. The Kier molecular flexibility index (Phi) is 5.85. The molecule has 1 aliphatic rings. The predicted molar refractivity (Wildman–Crippen MR) is 99.8 cm³/mol. The monoisotopic (exact) mass is 428 g/mol. The lowest BCUT2D eigenvalue weighted by Gasteiger charge is -2.20. The van der Waals surface area contributed by atoms with E-state index < -0.39 is 22.1 Å². The van der Waals surface area contributed by atoms with Gasteiger partial charge in [0.05, 0.1) is 4.90 Å². The molecule has 2 aromatic carbocycles. The Morgan fingerprint density at radius 2 is 1.76 bits per heavy atom. The molecule has 10 heteroatoms. The van der Waals surface area contributed by atoms with Crippen LogP contribution < -0.4 is 9.64 Å². The van der Waals surface area contributed by atoms with Crippen LogP contribution in [0.5, 0.6) is 5.75 Å². The van der Waals surface area contributed by atoms with Crippen molar-refractivity contribution in [3.05, 3.63) is 54.1 Å². The van der Waals surface area contributed by atoms with Gasteiger partial charge in [-0.05, 0) is 36.8 Å². The summed E-state index contributed by atoms with van der Waals surface area (Å²) in [4.78, 5) is 13.4. The van der Waals surface area contributed by atoms with Crippen molar-refractivity contribution in [3.63, 3.8) is 0 Å². The second kappa shape index (κ2) is 8.03. The van der Waals surface area contributed by atoms with E-state index in [1.807, 2.05) is 0 Å². The van der Waals surface area contributed by atoms with E-state index >= 15 is 0 Å². The van der Waals surface area contributed by atoms with Gasteiger partial charge in [0, 0.05) is 37.8 Å². The summed E-state index contributed by atoms with van der Waals surface area (Å²) in [5, 5.41) is 0. The molecule has 6 nitrogen and oxygen atoms in total. The Balaban J connectivity index is 1.79. The average Bonchev–Trinajstić information content (AvgIpc) is 3.08. The van der Waals surface area contributed by atoms with Gasteiger partial charge in [0.25, 0.3) is 0 Å². The molecule has 0 radical (unpaired) electrons. The summed E-state index contributed by atoms with van der Waals surface area (Å²) in [5.74, 6) is -0.469. The van der Waals surface area contributed by atoms with Crippen LogP contribution in [0.25, 0.3) is 0 Å². The van der Waals surface area contributed by atoms with E-state index in [0.717, 1.165) is 16.8 Å². The third-order valence-electron chi connectivity index (χ3n) is 4.52. The van der Waals surface area contributed by atoms with Crippen LogP contribution in [-0.4, -0.2) is 38.6 Å². The number of hydrogen-bond acceptors (Lipinski definition) is 4. The van der Waals surface area contributed by atoms with E-state index in [-0.39, 0.29) is 22.9 Å². The van der Waals surface area contributed by atoms with Crippen molar-refractivity contribution in [3.8, 4) is 5.75 Å². The highest BCUT2D eigenvalue weighted by atomic mass is 32.2. The number of carbonyl (C=O) groups is 1. The molecule has 29 heavy (non-hydrogen) atoms. The maximum Gasteiger partial charge on any atom is 0.573 e. The molecular weight excluding hydrogens is 409 g/mol. The minimum atomic E-state index is -4.88. The van der Waals surface area contributed by atoms with Gasteiger partial charge in [-0.15, -0.1) is 13.2 Å². The van der Waals surface area contributed by atoms with E-state index in [1.165, 1.54) is 37.4 Å². The topological polar surface area (TPSA) is 66.9 Å². The molecule has 1 saturated heterocycles. The lowest BCUT2D eigenvalue weighted by molar-refractivity contribution is -0.274. The quantitative estimate of drug-likeness (QED) is 0.706. The van der Waals surface area contributed by atoms with Crippen molar-refractivity contribution in [2.24, 2.45) is 0 Å². The minimum absolute atomic E-state index is 0.0148. The number of hydrogen-bond donors (Lipinski definition) is 0. The summed E-state index contributed by atoms with van der Waals surface area (Å²) < 4.78 is 68.3. The SMILES string of the molecule is CN(Cc1ccccc1OC(F)(F)F)S(=O)(=O)c1ccc(N2CCCC2=O)cc1. The standard InChI is InChI=1S/C19H19F3N2O4S/c1-23(13-14-5-2-3-6-17(14)28-19(20,21)22)29(26,27)16-10-8-15(9-11-16)24-12-4-7-18(24)25/h2-3,5-6,8-11H,4,7,12-13H2,1H3. The van der Waals surface area contributed by atoms with Crippen LogP contribution in [0.4, 0.5) is 18.9 Å². The number of benzene rings is 2. The molecule has 0 bridgehead atoms. The van der Waals surface area contributed by atoms with Gasteiger partial charge in [-0.3, -0.25) is 4.79 Å². The van der Waals surface area contributed by atoms with Crippen molar-refractivity contribution < 1.29 is 31.1 Å². The lowest BCUT2D eigenvalue weighted by atomic mass is 10.2. The molecule has 0 unspecified atom stereocenters. The zero-order valence-corrected chi connectivity index (χ0v) is 16.3. The number of ether oxygens (including phenoxy) is 1. The number of nitrogens with zero attached hydrogens (tertiary/aromatic N) is 2. The number of sulfonamides is 1. The summed E-state index contributed by atoms with van der Waals surface area (Å²) in [7, 11) is -2.68. The van der Waals surface area contributed by atoms with E-state index in [1.54, 1.807) is 17.0 Å². The van der Waals surface area contributed by atoms with Crippen LogP contribution in [0, 0.1) is 0 Å². The maximum absolute atomic E-state index is 12.8. The molecule has 0 saturated carbocycles. The predicted octanol–water partition coefficient (Wildman–Crippen LogP) is 3.53. The van der Waals surface area contributed by atoms with Crippen molar-refractivity contribution in [2.45, 2.75) is 30.6 Å². The molecule has 1 heterocycles. The fourth-order valence-corrected chi connectivity index (χ4v) is 4.23. The molecule has 0 N–H and O–H groups in total. The van der Waals surface area contributed by atoms with Crippen LogP contribution in [0.2, 0.25) is 0 Å². The molecule has 0 atom stereocenters. The molecule has 1 amide bonds. The Morgan fingerprint density at radius 1 is 1.10 bits per heavy atom. The number of anilines is 1. The van der Waals surface area contributed by atoms with Crippen LogP contribution in [-0.2, 0) is 21.4 Å². The molecule has 156 valence electrons. The fourth-order valence-electron chi connectivity index (χ4n) is 3.08.